The lowest BCUT2D eigenvalue weighted by Crippen LogP contribution is -2.24. The number of hydrogen-bond acceptors (Lipinski definition) is 1. The Kier molecular flexibility index (Phi) is 4.23. The molecule has 0 radical (unpaired) electrons. The van der Waals surface area contributed by atoms with E-state index in [4.69, 9.17) is 11.6 Å². The minimum absolute atomic E-state index is 0.167. The van der Waals surface area contributed by atoms with E-state index in [1.54, 1.807) is 0 Å². The lowest BCUT2D eigenvalue weighted by atomic mass is 9.85. The minimum Gasteiger partial charge on any atom is -0.481 e. The van der Waals surface area contributed by atoms with E-state index in [2.05, 4.69) is 0 Å². The summed E-state index contributed by atoms with van der Waals surface area (Å²) in [6.45, 7) is 0. The Morgan fingerprint density at radius 2 is 2.11 bits per heavy atom. The fourth-order valence-corrected chi connectivity index (χ4v) is 2.95. The molecule has 1 fully saturated rings. The summed E-state index contributed by atoms with van der Waals surface area (Å²) in [4.78, 5) is 11.3. The van der Waals surface area contributed by atoms with E-state index in [1.165, 1.54) is 18.2 Å². The van der Waals surface area contributed by atoms with Crippen molar-refractivity contribution in [2.45, 2.75) is 32.1 Å². The molecule has 0 bridgehead atoms. The molecule has 0 amide bonds. The molecule has 98 valence electrons. The van der Waals surface area contributed by atoms with Gasteiger partial charge in [-0.25, -0.2) is 4.39 Å². The van der Waals surface area contributed by atoms with Gasteiger partial charge >= 0.3 is 5.97 Å². The van der Waals surface area contributed by atoms with Gasteiger partial charge in [-0.2, -0.15) is 0 Å². The average molecular weight is 271 g/mol. The predicted molar refractivity (Wildman–Crippen MR) is 68.2 cm³/mol. The Morgan fingerprint density at radius 3 is 2.72 bits per heavy atom. The van der Waals surface area contributed by atoms with Crippen molar-refractivity contribution in [3.05, 3.63) is 34.6 Å². The van der Waals surface area contributed by atoms with Crippen molar-refractivity contribution in [3.63, 3.8) is 0 Å². The third kappa shape index (κ3) is 3.02. The molecule has 0 aromatic heterocycles. The molecule has 1 saturated carbocycles. The Balaban J connectivity index is 2.17. The highest BCUT2D eigenvalue weighted by molar-refractivity contribution is 6.30. The zero-order valence-electron chi connectivity index (χ0n) is 10.0. The summed E-state index contributed by atoms with van der Waals surface area (Å²) in [5.41, 5.74) is 0.404. The van der Waals surface area contributed by atoms with Crippen LogP contribution in [0.25, 0.3) is 0 Å². The van der Waals surface area contributed by atoms with Crippen LogP contribution in [-0.2, 0) is 11.2 Å². The second kappa shape index (κ2) is 5.70. The van der Waals surface area contributed by atoms with Crippen molar-refractivity contribution >= 4 is 17.6 Å². The van der Waals surface area contributed by atoms with E-state index in [9.17, 15) is 14.3 Å². The van der Waals surface area contributed by atoms with Crippen LogP contribution in [0.15, 0.2) is 18.2 Å². The van der Waals surface area contributed by atoms with E-state index < -0.39 is 11.9 Å². The summed E-state index contributed by atoms with van der Waals surface area (Å²) < 4.78 is 13.6. The van der Waals surface area contributed by atoms with Crippen molar-refractivity contribution in [2.24, 2.45) is 11.8 Å². The fourth-order valence-electron chi connectivity index (χ4n) is 2.75. The molecule has 1 unspecified atom stereocenters. The standard InChI is InChI=1S/C14H16ClFO2/c15-11-5-6-13(16)10(7-11)8-12(14(17)18)9-3-1-2-4-9/h5-7,9,12H,1-4,8H2,(H,17,18). The van der Waals surface area contributed by atoms with E-state index in [-0.39, 0.29) is 18.2 Å². The summed E-state index contributed by atoms with van der Waals surface area (Å²) in [6, 6.07) is 4.30. The highest BCUT2D eigenvalue weighted by Gasteiger charge is 2.31. The average Bonchev–Trinajstić information content (AvgIpc) is 2.83. The van der Waals surface area contributed by atoms with Crippen LogP contribution in [0, 0.1) is 17.7 Å². The summed E-state index contributed by atoms with van der Waals surface area (Å²) in [5, 5.41) is 9.75. The molecule has 0 saturated heterocycles. The van der Waals surface area contributed by atoms with Crippen molar-refractivity contribution in [2.75, 3.05) is 0 Å². The molecule has 1 aliphatic carbocycles. The molecule has 1 aromatic rings. The molecule has 2 nitrogen and oxygen atoms in total. The van der Waals surface area contributed by atoms with Gasteiger partial charge < -0.3 is 5.11 Å². The second-order valence-electron chi connectivity index (χ2n) is 4.93. The number of carboxylic acid groups (broad SMARTS) is 1. The molecule has 18 heavy (non-hydrogen) atoms. The molecule has 2 rings (SSSR count). The van der Waals surface area contributed by atoms with Crippen LogP contribution in [0.2, 0.25) is 5.02 Å². The fraction of sp³-hybridized carbons (Fsp3) is 0.500. The van der Waals surface area contributed by atoms with Crippen molar-refractivity contribution in [1.82, 2.24) is 0 Å². The minimum atomic E-state index is -0.832. The zero-order chi connectivity index (χ0) is 13.1. The van der Waals surface area contributed by atoms with Gasteiger partial charge in [0.2, 0.25) is 0 Å². The smallest absolute Gasteiger partial charge is 0.307 e. The van der Waals surface area contributed by atoms with E-state index in [0.717, 1.165) is 25.7 Å². The molecule has 0 aliphatic heterocycles. The molecular weight excluding hydrogens is 255 g/mol. The molecule has 1 N–H and O–H groups in total. The molecule has 4 heteroatoms. The highest BCUT2D eigenvalue weighted by Crippen LogP contribution is 2.34. The molecule has 1 atom stereocenters. The van der Waals surface area contributed by atoms with E-state index in [0.29, 0.717) is 10.6 Å². The topological polar surface area (TPSA) is 37.3 Å². The van der Waals surface area contributed by atoms with Gasteiger partial charge in [-0.15, -0.1) is 0 Å². The Bertz CT molecular complexity index is 441. The van der Waals surface area contributed by atoms with Crippen LogP contribution in [-0.4, -0.2) is 11.1 Å². The number of rotatable bonds is 4. The maximum atomic E-state index is 13.6. The summed E-state index contributed by atoms with van der Waals surface area (Å²) in [6.07, 6.45) is 4.24. The molecule has 1 aromatic carbocycles. The van der Waals surface area contributed by atoms with Crippen LogP contribution in [0.4, 0.5) is 4.39 Å². The summed E-state index contributed by atoms with van der Waals surface area (Å²) in [5.74, 6) is -1.54. The van der Waals surface area contributed by atoms with Crippen LogP contribution < -0.4 is 0 Å². The third-order valence-electron chi connectivity index (χ3n) is 3.73. The first-order valence-electron chi connectivity index (χ1n) is 6.24. The first-order chi connectivity index (χ1) is 8.58. The lowest BCUT2D eigenvalue weighted by molar-refractivity contribution is -0.143. The third-order valence-corrected chi connectivity index (χ3v) is 3.97. The number of hydrogen-bond donors (Lipinski definition) is 1. The SMILES string of the molecule is O=C(O)C(Cc1cc(Cl)ccc1F)C1CCCC1. The number of benzene rings is 1. The number of carboxylic acids is 1. The summed E-state index contributed by atoms with van der Waals surface area (Å²) in [7, 11) is 0. The summed E-state index contributed by atoms with van der Waals surface area (Å²) >= 11 is 5.83. The predicted octanol–water partition coefficient (Wildman–Crippen LogP) is 3.91. The van der Waals surface area contributed by atoms with Gasteiger partial charge in [0.25, 0.3) is 0 Å². The monoisotopic (exact) mass is 270 g/mol. The van der Waals surface area contributed by atoms with Gasteiger partial charge in [0.05, 0.1) is 5.92 Å². The van der Waals surface area contributed by atoms with Gasteiger partial charge in [0.1, 0.15) is 5.82 Å². The maximum Gasteiger partial charge on any atom is 0.307 e. The maximum absolute atomic E-state index is 13.6. The van der Waals surface area contributed by atoms with Crippen molar-refractivity contribution in [1.29, 1.82) is 0 Å². The highest BCUT2D eigenvalue weighted by atomic mass is 35.5. The van der Waals surface area contributed by atoms with Crippen LogP contribution in [0.3, 0.4) is 0 Å². The van der Waals surface area contributed by atoms with E-state index >= 15 is 0 Å². The largest absolute Gasteiger partial charge is 0.481 e. The normalized spacial score (nSPS) is 17.9. The second-order valence-corrected chi connectivity index (χ2v) is 5.37. The molecule has 1 aliphatic rings. The van der Waals surface area contributed by atoms with Crippen LogP contribution in [0.1, 0.15) is 31.2 Å². The quantitative estimate of drug-likeness (QED) is 0.901. The van der Waals surface area contributed by atoms with Crippen molar-refractivity contribution in [3.8, 4) is 0 Å². The van der Waals surface area contributed by atoms with Crippen molar-refractivity contribution < 1.29 is 14.3 Å². The number of carbonyl (C=O) groups is 1. The van der Waals surface area contributed by atoms with Gasteiger partial charge in [0, 0.05) is 5.02 Å². The van der Waals surface area contributed by atoms with Gasteiger partial charge in [-0.05, 0) is 48.9 Å². The van der Waals surface area contributed by atoms with Crippen LogP contribution >= 0.6 is 11.6 Å². The first kappa shape index (κ1) is 13.3. The molecule has 0 heterocycles. The molecule has 0 spiro atoms. The van der Waals surface area contributed by atoms with Gasteiger partial charge in [0.15, 0.2) is 0 Å². The first-order valence-corrected chi connectivity index (χ1v) is 6.62. The number of halogens is 2. The Labute approximate surface area is 111 Å². The Hall–Kier alpha value is -1.09. The molecular formula is C14H16ClFO2. The van der Waals surface area contributed by atoms with E-state index in [1.807, 2.05) is 0 Å². The van der Waals surface area contributed by atoms with Gasteiger partial charge in [-0.3, -0.25) is 4.79 Å². The number of aliphatic carboxylic acids is 1. The lowest BCUT2D eigenvalue weighted by Gasteiger charge is -2.19. The van der Waals surface area contributed by atoms with Crippen LogP contribution in [0.5, 0.6) is 0 Å². The van der Waals surface area contributed by atoms with Gasteiger partial charge in [-0.1, -0.05) is 24.4 Å². The Morgan fingerprint density at radius 1 is 1.44 bits per heavy atom. The zero-order valence-corrected chi connectivity index (χ0v) is 10.8.